The molecule has 0 saturated heterocycles. The highest BCUT2D eigenvalue weighted by Crippen LogP contribution is 2.34. The van der Waals surface area contributed by atoms with Crippen LogP contribution in [0.1, 0.15) is 29.2 Å². The third kappa shape index (κ3) is 4.77. The largest absolute Gasteiger partial charge is 0.489 e. The summed E-state index contributed by atoms with van der Waals surface area (Å²) >= 11 is 0. The van der Waals surface area contributed by atoms with Crippen molar-refractivity contribution in [1.82, 2.24) is 20.4 Å². The second-order valence-electron chi connectivity index (χ2n) is 8.13. The van der Waals surface area contributed by atoms with Crippen LogP contribution in [0.3, 0.4) is 0 Å². The van der Waals surface area contributed by atoms with Gasteiger partial charge in [0, 0.05) is 38.2 Å². The molecule has 0 spiro atoms. The van der Waals surface area contributed by atoms with Gasteiger partial charge in [0.05, 0.1) is 5.69 Å². The average Bonchev–Trinajstić information content (AvgIpc) is 3.28. The van der Waals surface area contributed by atoms with Crippen molar-refractivity contribution in [3.8, 4) is 22.9 Å². The fourth-order valence-electron chi connectivity index (χ4n) is 3.81. The van der Waals surface area contributed by atoms with Crippen molar-refractivity contribution in [2.45, 2.75) is 25.8 Å². The number of carbonyl (C=O) groups is 2. The normalized spacial score (nSPS) is 17.2. The number of pyridine rings is 1. The van der Waals surface area contributed by atoms with Gasteiger partial charge in [-0.05, 0) is 36.8 Å². The molecule has 1 N–H and O–H groups in total. The lowest BCUT2D eigenvalue weighted by Gasteiger charge is -2.20. The second kappa shape index (κ2) is 9.41. The first-order valence-electron chi connectivity index (χ1n) is 11.1. The van der Waals surface area contributed by atoms with Crippen LogP contribution in [0, 0.1) is 6.92 Å². The summed E-state index contributed by atoms with van der Waals surface area (Å²) in [7, 11) is 1.62. The Morgan fingerprint density at radius 2 is 2.14 bits per heavy atom. The van der Waals surface area contributed by atoms with Gasteiger partial charge in [0.15, 0.2) is 0 Å². The molecule has 1 aromatic carbocycles. The molecule has 2 aromatic heterocycles. The fourth-order valence-corrected chi connectivity index (χ4v) is 3.81. The molecule has 5 rings (SSSR count). The molecule has 178 valence electrons. The summed E-state index contributed by atoms with van der Waals surface area (Å²) in [5.41, 5.74) is 1.35. The summed E-state index contributed by atoms with van der Waals surface area (Å²) < 4.78 is 16.8. The molecule has 3 heterocycles. The Labute approximate surface area is 201 Å². The van der Waals surface area contributed by atoms with Gasteiger partial charge < -0.3 is 24.2 Å². The van der Waals surface area contributed by atoms with Crippen LogP contribution in [-0.2, 0) is 4.79 Å². The first-order chi connectivity index (χ1) is 17.0. The number of allylic oxidation sites excluding steroid dienone is 4. The van der Waals surface area contributed by atoms with Crippen LogP contribution in [-0.4, -0.2) is 46.6 Å². The molecule has 3 aromatic rings. The summed E-state index contributed by atoms with van der Waals surface area (Å²) in [6.07, 6.45) is 9.08. The van der Waals surface area contributed by atoms with Crippen molar-refractivity contribution < 1.29 is 23.6 Å². The molecule has 2 amide bonds. The minimum Gasteiger partial charge on any atom is -0.489 e. The third-order valence-corrected chi connectivity index (χ3v) is 5.63. The van der Waals surface area contributed by atoms with E-state index in [0.29, 0.717) is 34.5 Å². The van der Waals surface area contributed by atoms with E-state index in [-0.39, 0.29) is 18.2 Å². The lowest BCUT2D eigenvalue weighted by atomic mass is 10.1. The van der Waals surface area contributed by atoms with Crippen LogP contribution < -0.4 is 19.7 Å². The molecule has 1 unspecified atom stereocenters. The Morgan fingerprint density at radius 3 is 2.91 bits per heavy atom. The van der Waals surface area contributed by atoms with Gasteiger partial charge in [-0.1, -0.05) is 17.3 Å². The Kier molecular flexibility index (Phi) is 6.01. The Morgan fingerprint density at radius 1 is 1.26 bits per heavy atom. The van der Waals surface area contributed by atoms with Gasteiger partial charge in [0.2, 0.25) is 11.7 Å². The number of nitrogens with zero attached hydrogens (tertiary/aromatic N) is 4. The van der Waals surface area contributed by atoms with Gasteiger partial charge in [-0.25, -0.2) is 0 Å². The monoisotopic (exact) mass is 473 g/mol. The number of fused-ring (bicyclic) bond motifs is 1. The molecule has 1 atom stereocenters. The zero-order valence-corrected chi connectivity index (χ0v) is 19.2. The Bertz CT molecular complexity index is 1350. The van der Waals surface area contributed by atoms with E-state index in [2.05, 4.69) is 26.5 Å². The number of aryl methyl sites for hydroxylation is 1. The van der Waals surface area contributed by atoms with E-state index >= 15 is 0 Å². The number of rotatable bonds is 5. The van der Waals surface area contributed by atoms with Crippen molar-refractivity contribution in [3.05, 3.63) is 72.1 Å². The molecule has 0 bridgehead atoms. The SMILES string of the molecule is Cc1nc(-c2ccc3c(c2)N(C)C(=O)C(NC(=O)c2cc(OC4=CC=CCC4)ccn2)CO3)no1. The zero-order chi connectivity index (χ0) is 24.4. The molecule has 10 nitrogen and oxygen atoms in total. The summed E-state index contributed by atoms with van der Waals surface area (Å²) in [5.74, 6) is 1.84. The number of benzene rings is 1. The number of anilines is 1. The van der Waals surface area contributed by atoms with Gasteiger partial charge in [0.1, 0.15) is 35.6 Å². The standard InChI is InChI=1S/C25H23N5O5/c1-15-27-23(29-35-15)16-8-9-22-21(12-16)30(2)25(32)20(14-33-22)28-24(31)19-13-18(10-11-26-19)34-17-6-4-3-5-7-17/h3-4,6,8-13,20H,5,7,14H2,1-2H3,(H,28,31). The lowest BCUT2D eigenvalue weighted by Crippen LogP contribution is -2.49. The van der Waals surface area contributed by atoms with Crippen molar-refractivity contribution in [2.75, 3.05) is 18.6 Å². The lowest BCUT2D eigenvalue weighted by molar-refractivity contribution is -0.120. The molecule has 1 aliphatic carbocycles. The fraction of sp³-hybridized carbons (Fsp3) is 0.240. The number of carbonyl (C=O) groups excluding carboxylic acids is 2. The van der Waals surface area contributed by atoms with Crippen LogP contribution in [0.5, 0.6) is 11.5 Å². The van der Waals surface area contributed by atoms with Crippen LogP contribution in [0.2, 0.25) is 0 Å². The minimum absolute atomic E-state index is 0.0298. The van der Waals surface area contributed by atoms with Crippen LogP contribution >= 0.6 is 0 Å². The molecule has 0 radical (unpaired) electrons. The van der Waals surface area contributed by atoms with Gasteiger partial charge in [-0.15, -0.1) is 0 Å². The van der Waals surface area contributed by atoms with Crippen molar-refractivity contribution in [2.24, 2.45) is 0 Å². The number of hydrogen-bond acceptors (Lipinski definition) is 8. The third-order valence-electron chi connectivity index (χ3n) is 5.63. The number of nitrogens with one attached hydrogen (secondary N) is 1. The van der Waals surface area contributed by atoms with Gasteiger partial charge in [0.25, 0.3) is 11.8 Å². The quantitative estimate of drug-likeness (QED) is 0.600. The molecule has 1 aliphatic heterocycles. The van der Waals surface area contributed by atoms with Gasteiger partial charge in [-0.2, -0.15) is 4.98 Å². The number of likely N-dealkylation sites (N-methyl/N-ethyl adjacent to an activating group) is 1. The maximum absolute atomic E-state index is 13.2. The Balaban J connectivity index is 1.31. The molecule has 35 heavy (non-hydrogen) atoms. The van der Waals surface area contributed by atoms with E-state index in [0.717, 1.165) is 18.6 Å². The average molecular weight is 473 g/mol. The maximum atomic E-state index is 13.2. The summed E-state index contributed by atoms with van der Waals surface area (Å²) in [6.45, 7) is 1.67. The van der Waals surface area contributed by atoms with E-state index in [1.807, 2.05) is 12.2 Å². The molecule has 0 saturated carbocycles. The minimum atomic E-state index is -0.909. The molecule has 2 aliphatic rings. The number of aromatic nitrogens is 3. The zero-order valence-electron chi connectivity index (χ0n) is 19.2. The number of amides is 2. The van der Waals surface area contributed by atoms with Gasteiger partial charge in [-0.3, -0.25) is 14.6 Å². The molecule has 0 fully saturated rings. The van der Waals surface area contributed by atoms with Crippen LogP contribution in [0.15, 0.2) is 65.0 Å². The Hall–Kier alpha value is -4.47. The summed E-state index contributed by atoms with van der Waals surface area (Å²) in [6, 6.07) is 7.60. The van der Waals surface area contributed by atoms with E-state index in [1.165, 1.54) is 11.1 Å². The van der Waals surface area contributed by atoms with Crippen molar-refractivity contribution in [3.63, 3.8) is 0 Å². The second-order valence-corrected chi connectivity index (χ2v) is 8.13. The molecule has 10 heteroatoms. The highest BCUT2D eigenvalue weighted by Gasteiger charge is 2.31. The van der Waals surface area contributed by atoms with Crippen LogP contribution in [0.25, 0.3) is 11.4 Å². The maximum Gasteiger partial charge on any atom is 0.270 e. The van der Waals surface area contributed by atoms with E-state index in [4.69, 9.17) is 14.0 Å². The van der Waals surface area contributed by atoms with Crippen molar-refractivity contribution in [1.29, 1.82) is 0 Å². The number of ether oxygens (including phenoxy) is 2. The smallest absolute Gasteiger partial charge is 0.270 e. The molecular weight excluding hydrogens is 450 g/mol. The molecular formula is C25H23N5O5. The van der Waals surface area contributed by atoms with E-state index in [1.54, 1.807) is 44.3 Å². The number of hydrogen-bond donors (Lipinski definition) is 1. The van der Waals surface area contributed by atoms with Gasteiger partial charge >= 0.3 is 0 Å². The summed E-state index contributed by atoms with van der Waals surface area (Å²) in [4.78, 5) is 35.9. The van der Waals surface area contributed by atoms with Crippen LogP contribution in [0.4, 0.5) is 5.69 Å². The highest BCUT2D eigenvalue weighted by atomic mass is 16.5. The van der Waals surface area contributed by atoms with E-state index in [9.17, 15) is 9.59 Å². The predicted octanol–water partition coefficient (Wildman–Crippen LogP) is 3.21. The van der Waals surface area contributed by atoms with E-state index < -0.39 is 11.9 Å². The van der Waals surface area contributed by atoms with Crippen molar-refractivity contribution >= 4 is 17.5 Å². The topological polar surface area (TPSA) is 120 Å². The summed E-state index contributed by atoms with van der Waals surface area (Å²) in [5, 5.41) is 6.65. The highest BCUT2D eigenvalue weighted by molar-refractivity contribution is 6.03. The first kappa shape index (κ1) is 22.3. The first-order valence-corrected chi connectivity index (χ1v) is 11.1. The predicted molar refractivity (Wildman–Crippen MR) is 126 cm³/mol.